The van der Waals surface area contributed by atoms with Crippen molar-refractivity contribution in [1.29, 1.82) is 0 Å². The molecule has 1 heterocycles. The maximum atomic E-state index is 13.8. The summed E-state index contributed by atoms with van der Waals surface area (Å²) in [7, 11) is 0. The first-order chi connectivity index (χ1) is 12.4. The SMILES string of the molecule is O=C(Cc1cc(Cl)c2c(c1)OCCCO2)Nc1cc([N+](=O)[O-])ccc1F. The summed E-state index contributed by atoms with van der Waals surface area (Å²) in [5, 5.41) is 13.4. The van der Waals surface area contributed by atoms with Crippen LogP contribution < -0.4 is 14.8 Å². The van der Waals surface area contributed by atoms with Crippen molar-refractivity contribution in [3.05, 3.63) is 56.8 Å². The molecule has 2 aromatic carbocycles. The van der Waals surface area contributed by atoms with Crippen molar-refractivity contribution in [2.45, 2.75) is 12.8 Å². The number of hydrogen-bond donors (Lipinski definition) is 1. The number of halogens is 2. The third kappa shape index (κ3) is 4.02. The lowest BCUT2D eigenvalue weighted by Gasteiger charge is -2.12. The number of hydrogen-bond acceptors (Lipinski definition) is 5. The number of fused-ring (bicyclic) bond motifs is 1. The summed E-state index contributed by atoms with van der Waals surface area (Å²) in [4.78, 5) is 22.3. The van der Waals surface area contributed by atoms with Gasteiger partial charge in [-0.05, 0) is 23.8 Å². The third-order valence-electron chi connectivity index (χ3n) is 3.66. The number of nitro benzene ring substituents is 1. The predicted molar refractivity (Wildman–Crippen MR) is 92.4 cm³/mol. The molecule has 0 aliphatic carbocycles. The largest absolute Gasteiger partial charge is 0.489 e. The minimum Gasteiger partial charge on any atom is -0.489 e. The highest BCUT2D eigenvalue weighted by molar-refractivity contribution is 6.32. The molecule has 0 unspecified atom stereocenters. The Morgan fingerprint density at radius 2 is 2.04 bits per heavy atom. The fourth-order valence-electron chi connectivity index (χ4n) is 2.49. The van der Waals surface area contributed by atoms with Crippen LogP contribution >= 0.6 is 11.6 Å². The number of anilines is 1. The highest BCUT2D eigenvalue weighted by Gasteiger charge is 2.18. The summed E-state index contributed by atoms with van der Waals surface area (Å²) < 4.78 is 24.8. The van der Waals surface area contributed by atoms with E-state index in [1.54, 1.807) is 12.1 Å². The zero-order chi connectivity index (χ0) is 18.7. The van der Waals surface area contributed by atoms with Crippen LogP contribution in [-0.2, 0) is 11.2 Å². The van der Waals surface area contributed by atoms with Crippen molar-refractivity contribution >= 4 is 28.9 Å². The van der Waals surface area contributed by atoms with Crippen molar-refractivity contribution in [1.82, 2.24) is 0 Å². The standard InChI is InChI=1S/C17H14ClFN2O5/c18-12-6-10(7-15-17(12)26-5-1-4-25-15)8-16(22)20-14-9-11(21(23)24)2-3-13(14)19/h2-3,6-7,9H,1,4-5,8H2,(H,20,22). The van der Waals surface area contributed by atoms with Crippen LogP contribution in [0.25, 0.3) is 0 Å². The average Bonchev–Trinajstić information content (AvgIpc) is 2.82. The molecule has 0 aromatic heterocycles. The highest BCUT2D eigenvalue weighted by atomic mass is 35.5. The first-order valence-electron chi connectivity index (χ1n) is 7.76. The molecule has 7 nitrogen and oxygen atoms in total. The molecule has 0 saturated carbocycles. The van der Waals surface area contributed by atoms with Gasteiger partial charge in [0.05, 0.1) is 35.3 Å². The molecule has 1 amide bonds. The normalized spacial score (nSPS) is 13.0. The topological polar surface area (TPSA) is 90.7 Å². The lowest BCUT2D eigenvalue weighted by atomic mass is 10.1. The Bertz CT molecular complexity index is 874. The van der Waals surface area contributed by atoms with E-state index in [1.165, 1.54) is 0 Å². The maximum absolute atomic E-state index is 13.8. The van der Waals surface area contributed by atoms with Gasteiger partial charge in [0.1, 0.15) is 5.82 Å². The van der Waals surface area contributed by atoms with Crippen molar-refractivity contribution < 1.29 is 23.6 Å². The zero-order valence-corrected chi connectivity index (χ0v) is 14.2. The lowest BCUT2D eigenvalue weighted by molar-refractivity contribution is -0.384. The Kier molecular flexibility index (Phi) is 5.22. The summed E-state index contributed by atoms with van der Waals surface area (Å²) in [5.41, 5.74) is -0.0347. The highest BCUT2D eigenvalue weighted by Crippen LogP contribution is 2.38. The van der Waals surface area contributed by atoms with Gasteiger partial charge in [-0.15, -0.1) is 0 Å². The summed E-state index contributed by atoms with van der Waals surface area (Å²) in [6.45, 7) is 0.955. The molecule has 2 aromatic rings. The van der Waals surface area contributed by atoms with Crippen LogP contribution in [0.5, 0.6) is 11.5 Å². The first kappa shape index (κ1) is 17.9. The van der Waals surface area contributed by atoms with Crippen LogP contribution in [0.3, 0.4) is 0 Å². The van der Waals surface area contributed by atoms with Gasteiger partial charge in [0.2, 0.25) is 5.91 Å². The second kappa shape index (κ2) is 7.57. The second-order valence-corrected chi connectivity index (χ2v) is 6.01. The van der Waals surface area contributed by atoms with Crippen LogP contribution in [-0.4, -0.2) is 24.0 Å². The van der Waals surface area contributed by atoms with E-state index in [2.05, 4.69) is 5.32 Å². The van der Waals surface area contributed by atoms with E-state index in [0.717, 1.165) is 18.2 Å². The molecule has 1 N–H and O–H groups in total. The maximum Gasteiger partial charge on any atom is 0.271 e. The van der Waals surface area contributed by atoms with E-state index >= 15 is 0 Å². The molecule has 1 aliphatic rings. The fourth-order valence-corrected chi connectivity index (χ4v) is 2.78. The van der Waals surface area contributed by atoms with Crippen molar-refractivity contribution in [3.8, 4) is 11.5 Å². The van der Waals surface area contributed by atoms with Crippen molar-refractivity contribution in [2.75, 3.05) is 18.5 Å². The minimum absolute atomic E-state index is 0.113. The Balaban J connectivity index is 1.77. The molecule has 0 atom stereocenters. The summed E-state index contributed by atoms with van der Waals surface area (Å²) in [6, 6.07) is 6.12. The van der Waals surface area contributed by atoms with Gasteiger partial charge in [0.25, 0.3) is 5.69 Å². The molecule has 0 fully saturated rings. The number of nitro groups is 1. The molecule has 9 heteroatoms. The van der Waals surface area contributed by atoms with E-state index < -0.39 is 16.6 Å². The van der Waals surface area contributed by atoms with E-state index in [0.29, 0.717) is 41.7 Å². The summed E-state index contributed by atoms with van der Waals surface area (Å²) in [5.74, 6) is -0.437. The van der Waals surface area contributed by atoms with Gasteiger partial charge in [0, 0.05) is 18.6 Å². The Labute approximate surface area is 152 Å². The third-order valence-corrected chi connectivity index (χ3v) is 3.94. The lowest BCUT2D eigenvalue weighted by Crippen LogP contribution is -2.15. The first-order valence-corrected chi connectivity index (χ1v) is 8.13. The number of amides is 1. The number of rotatable bonds is 4. The Morgan fingerprint density at radius 1 is 1.27 bits per heavy atom. The molecule has 1 aliphatic heterocycles. The predicted octanol–water partition coefficient (Wildman–Crippen LogP) is 3.73. The van der Waals surface area contributed by atoms with Crippen LogP contribution in [0.2, 0.25) is 5.02 Å². The smallest absolute Gasteiger partial charge is 0.271 e. The molecule has 0 bridgehead atoms. The van der Waals surface area contributed by atoms with Gasteiger partial charge in [0.15, 0.2) is 11.5 Å². The van der Waals surface area contributed by atoms with E-state index in [1.807, 2.05) is 0 Å². The minimum atomic E-state index is -0.763. The van der Waals surface area contributed by atoms with Crippen molar-refractivity contribution in [2.24, 2.45) is 0 Å². The zero-order valence-electron chi connectivity index (χ0n) is 13.5. The van der Waals surface area contributed by atoms with Crippen LogP contribution in [0.15, 0.2) is 30.3 Å². The summed E-state index contributed by atoms with van der Waals surface area (Å²) in [6.07, 6.45) is 0.603. The number of carbonyl (C=O) groups excluding carboxylic acids is 1. The molecule has 136 valence electrons. The number of benzene rings is 2. The average molecular weight is 381 g/mol. The van der Waals surface area contributed by atoms with Gasteiger partial charge in [-0.3, -0.25) is 14.9 Å². The van der Waals surface area contributed by atoms with Gasteiger partial charge < -0.3 is 14.8 Å². The number of carbonyl (C=O) groups is 1. The van der Waals surface area contributed by atoms with Gasteiger partial charge in [-0.2, -0.15) is 0 Å². The molecule has 26 heavy (non-hydrogen) atoms. The molecule has 0 spiro atoms. The number of nitrogens with zero attached hydrogens (tertiary/aromatic N) is 1. The number of ether oxygens (including phenoxy) is 2. The monoisotopic (exact) mass is 380 g/mol. The van der Waals surface area contributed by atoms with Crippen LogP contribution in [0, 0.1) is 15.9 Å². The molecule has 0 radical (unpaired) electrons. The number of nitrogens with one attached hydrogen (secondary N) is 1. The van der Waals surface area contributed by atoms with Crippen LogP contribution in [0.1, 0.15) is 12.0 Å². The van der Waals surface area contributed by atoms with Gasteiger partial charge in [-0.1, -0.05) is 11.6 Å². The quantitative estimate of drug-likeness (QED) is 0.644. The van der Waals surface area contributed by atoms with E-state index in [9.17, 15) is 19.3 Å². The molecular formula is C17H14ClFN2O5. The molecular weight excluding hydrogens is 367 g/mol. The summed E-state index contributed by atoms with van der Waals surface area (Å²) >= 11 is 6.17. The Morgan fingerprint density at radius 3 is 2.81 bits per heavy atom. The van der Waals surface area contributed by atoms with Gasteiger partial charge in [-0.25, -0.2) is 4.39 Å². The van der Waals surface area contributed by atoms with E-state index in [4.69, 9.17) is 21.1 Å². The second-order valence-electron chi connectivity index (χ2n) is 5.60. The van der Waals surface area contributed by atoms with Gasteiger partial charge >= 0.3 is 0 Å². The molecule has 0 saturated heterocycles. The van der Waals surface area contributed by atoms with Crippen molar-refractivity contribution in [3.63, 3.8) is 0 Å². The van der Waals surface area contributed by atoms with Crippen LogP contribution in [0.4, 0.5) is 15.8 Å². The molecule has 3 rings (SSSR count). The fraction of sp³-hybridized carbons (Fsp3) is 0.235. The van der Waals surface area contributed by atoms with E-state index in [-0.39, 0.29) is 17.8 Å². The number of non-ortho nitro benzene ring substituents is 1. The Hall–Kier alpha value is -2.87.